The summed E-state index contributed by atoms with van der Waals surface area (Å²) in [6, 6.07) is 0.213. The number of hydrogen-bond acceptors (Lipinski definition) is 2. The summed E-state index contributed by atoms with van der Waals surface area (Å²) < 4.78 is 5.97. The summed E-state index contributed by atoms with van der Waals surface area (Å²) in [6.07, 6.45) is 5.93. The minimum Gasteiger partial charge on any atom is -0.374 e. The Morgan fingerprint density at radius 1 is 1.50 bits per heavy atom. The fourth-order valence-corrected chi connectivity index (χ4v) is 2.78. The Hall–Kier alpha value is -0.0800. The highest BCUT2D eigenvalue weighted by Crippen LogP contribution is 2.37. The van der Waals surface area contributed by atoms with Crippen LogP contribution in [0, 0.1) is 5.92 Å². The predicted molar refractivity (Wildman–Crippen MR) is 60.3 cm³/mol. The smallest absolute Gasteiger partial charge is 0.0834 e. The molecule has 2 N–H and O–H groups in total. The van der Waals surface area contributed by atoms with Crippen LogP contribution in [-0.4, -0.2) is 18.2 Å². The SMILES string of the molecule is CCOC1([C@@H](N)CC)CCCC(C)C1. The topological polar surface area (TPSA) is 35.2 Å². The van der Waals surface area contributed by atoms with Crippen molar-refractivity contribution in [2.24, 2.45) is 11.7 Å². The van der Waals surface area contributed by atoms with Crippen molar-refractivity contribution < 1.29 is 4.74 Å². The zero-order valence-corrected chi connectivity index (χ0v) is 9.88. The molecule has 0 spiro atoms. The van der Waals surface area contributed by atoms with Crippen molar-refractivity contribution in [3.63, 3.8) is 0 Å². The molecule has 2 nitrogen and oxygen atoms in total. The van der Waals surface area contributed by atoms with Crippen LogP contribution in [0.4, 0.5) is 0 Å². The molecule has 0 aromatic heterocycles. The third-order valence-electron chi connectivity index (χ3n) is 3.54. The zero-order chi connectivity index (χ0) is 10.6. The molecule has 1 saturated carbocycles. The summed E-state index contributed by atoms with van der Waals surface area (Å²) >= 11 is 0. The standard InChI is InChI=1S/C12H25NO/c1-4-11(13)12(14-5-2)8-6-7-10(3)9-12/h10-11H,4-9,13H2,1-3H3/t10?,11-,12?/m0/s1. The van der Waals surface area contributed by atoms with Crippen molar-refractivity contribution in [2.45, 2.75) is 64.5 Å². The van der Waals surface area contributed by atoms with Gasteiger partial charge in [0.2, 0.25) is 0 Å². The van der Waals surface area contributed by atoms with Gasteiger partial charge in [-0.2, -0.15) is 0 Å². The molecule has 84 valence electrons. The molecule has 3 atom stereocenters. The van der Waals surface area contributed by atoms with Gasteiger partial charge in [-0.3, -0.25) is 0 Å². The molecule has 0 bridgehead atoms. The van der Waals surface area contributed by atoms with Crippen LogP contribution >= 0.6 is 0 Å². The van der Waals surface area contributed by atoms with E-state index in [1.165, 1.54) is 12.8 Å². The second-order valence-electron chi connectivity index (χ2n) is 4.71. The van der Waals surface area contributed by atoms with E-state index >= 15 is 0 Å². The largest absolute Gasteiger partial charge is 0.374 e. The van der Waals surface area contributed by atoms with Gasteiger partial charge in [-0.1, -0.05) is 26.7 Å². The maximum Gasteiger partial charge on any atom is 0.0834 e. The Morgan fingerprint density at radius 3 is 2.71 bits per heavy atom. The van der Waals surface area contributed by atoms with Crippen LogP contribution in [0.1, 0.15) is 52.9 Å². The highest BCUT2D eigenvalue weighted by Gasteiger charge is 2.39. The van der Waals surface area contributed by atoms with E-state index in [1.54, 1.807) is 0 Å². The molecule has 0 amide bonds. The van der Waals surface area contributed by atoms with Crippen LogP contribution in [0.3, 0.4) is 0 Å². The summed E-state index contributed by atoms with van der Waals surface area (Å²) in [5.74, 6) is 0.771. The van der Waals surface area contributed by atoms with Gasteiger partial charge in [0.15, 0.2) is 0 Å². The lowest BCUT2D eigenvalue weighted by Gasteiger charge is -2.43. The molecule has 2 unspecified atom stereocenters. The highest BCUT2D eigenvalue weighted by molar-refractivity contribution is 4.94. The molecular formula is C12H25NO. The Labute approximate surface area is 88.2 Å². The van der Waals surface area contributed by atoms with Crippen molar-refractivity contribution in [1.82, 2.24) is 0 Å². The lowest BCUT2D eigenvalue weighted by Crippen LogP contribution is -2.52. The van der Waals surface area contributed by atoms with Gasteiger partial charge in [0.05, 0.1) is 5.60 Å². The molecule has 1 fully saturated rings. The fourth-order valence-electron chi connectivity index (χ4n) is 2.78. The molecule has 0 radical (unpaired) electrons. The van der Waals surface area contributed by atoms with E-state index in [2.05, 4.69) is 20.8 Å². The van der Waals surface area contributed by atoms with Gasteiger partial charge in [-0.05, 0) is 32.1 Å². The van der Waals surface area contributed by atoms with Crippen molar-refractivity contribution in [3.8, 4) is 0 Å². The average molecular weight is 199 g/mol. The first kappa shape index (κ1) is 12.0. The third-order valence-corrected chi connectivity index (χ3v) is 3.54. The van der Waals surface area contributed by atoms with Gasteiger partial charge < -0.3 is 10.5 Å². The van der Waals surface area contributed by atoms with Gasteiger partial charge in [0.25, 0.3) is 0 Å². The molecule has 0 aliphatic heterocycles. The lowest BCUT2D eigenvalue weighted by atomic mass is 9.74. The predicted octanol–water partition coefficient (Wildman–Crippen LogP) is 2.71. The van der Waals surface area contributed by atoms with Crippen molar-refractivity contribution >= 4 is 0 Å². The molecule has 0 saturated heterocycles. The van der Waals surface area contributed by atoms with Crippen molar-refractivity contribution in [3.05, 3.63) is 0 Å². The van der Waals surface area contributed by atoms with Crippen LogP contribution in [0.2, 0.25) is 0 Å². The first-order chi connectivity index (χ1) is 6.64. The zero-order valence-electron chi connectivity index (χ0n) is 9.88. The Morgan fingerprint density at radius 2 is 2.21 bits per heavy atom. The van der Waals surface area contributed by atoms with E-state index in [0.717, 1.165) is 31.8 Å². The summed E-state index contributed by atoms with van der Waals surface area (Å²) in [5.41, 5.74) is 6.19. The third kappa shape index (κ3) is 2.48. The first-order valence-corrected chi connectivity index (χ1v) is 6.04. The summed E-state index contributed by atoms with van der Waals surface area (Å²) in [4.78, 5) is 0. The average Bonchev–Trinajstić information content (AvgIpc) is 2.17. The van der Waals surface area contributed by atoms with E-state index < -0.39 is 0 Å². The van der Waals surface area contributed by atoms with E-state index in [-0.39, 0.29) is 11.6 Å². The molecule has 14 heavy (non-hydrogen) atoms. The van der Waals surface area contributed by atoms with E-state index in [9.17, 15) is 0 Å². The number of hydrogen-bond donors (Lipinski definition) is 1. The van der Waals surface area contributed by atoms with Crippen LogP contribution in [0.5, 0.6) is 0 Å². The second kappa shape index (κ2) is 5.13. The van der Waals surface area contributed by atoms with E-state index in [1.807, 2.05) is 0 Å². The second-order valence-corrected chi connectivity index (χ2v) is 4.71. The van der Waals surface area contributed by atoms with E-state index in [0.29, 0.717) is 0 Å². The number of rotatable bonds is 4. The van der Waals surface area contributed by atoms with Gasteiger partial charge >= 0.3 is 0 Å². The van der Waals surface area contributed by atoms with Crippen LogP contribution < -0.4 is 5.73 Å². The van der Waals surface area contributed by atoms with E-state index in [4.69, 9.17) is 10.5 Å². The van der Waals surface area contributed by atoms with Crippen LogP contribution in [-0.2, 0) is 4.74 Å². The fraction of sp³-hybridized carbons (Fsp3) is 1.00. The molecule has 1 rings (SSSR count). The molecule has 0 heterocycles. The van der Waals surface area contributed by atoms with Gasteiger partial charge in [0.1, 0.15) is 0 Å². The monoisotopic (exact) mass is 199 g/mol. The van der Waals surface area contributed by atoms with Crippen molar-refractivity contribution in [1.29, 1.82) is 0 Å². The summed E-state index contributed by atoms with van der Waals surface area (Å²) in [7, 11) is 0. The Bertz CT molecular complexity index is 168. The molecular weight excluding hydrogens is 174 g/mol. The minimum absolute atomic E-state index is 0.0127. The van der Waals surface area contributed by atoms with Gasteiger partial charge in [0, 0.05) is 12.6 Å². The highest BCUT2D eigenvalue weighted by atomic mass is 16.5. The lowest BCUT2D eigenvalue weighted by molar-refractivity contribution is -0.0932. The molecule has 0 aromatic carbocycles. The number of nitrogens with two attached hydrogens (primary N) is 1. The Kier molecular flexibility index (Phi) is 4.39. The van der Waals surface area contributed by atoms with Crippen LogP contribution in [0.15, 0.2) is 0 Å². The summed E-state index contributed by atoms with van der Waals surface area (Å²) in [6.45, 7) is 7.34. The Balaban J connectivity index is 2.68. The van der Waals surface area contributed by atoms with Crippen molar-refractivity contribution in [2.75, 3.05) is 6.61 Å². The summed E-state index contributed by atoms with van der Waals surface area (Å²) in [5, 5.41) is 0. The number of ether oxygens (including phenoxy) is 1. The first-order valence-electron chi connectivity index (χ1n) is 6.04. The molecule has 1 aliphatic carbocycles. The minimum atomic E-state index is -0.0127. The van der Waals surface area contributed by atoms with Gasteiger partial charge in [-0.15, -0.1) is 0 Å². The normalized spacial score (nSPS) is 35.6. The maximum atomic E-state index is 6.21. The maximum absolute atomic E-state index is 6.21. The van der Waals surface area contributed by atoms with Gasteiger partial charge in [-0.25, -0.2) is 0 Å². The quantitative estimate of drug-likeness (QED) is 0.755. The van der Waals surface area contributed by atoms with Crippen LogP contribution in [0.25, 0.3) is 0 Å². The molecule has 2 heteroatoms. The molecule has 1 aliphatic rings. The molecule has 0 aromatic rings.